The fourth-order valence-corrected chi connectivity index (χ4v) is 3.25. The molecule has 0 spiro atoms. The molecule has 136 valence electrons. The number of nitrogens with one attached hydrogen (secondary N) is 1. The molecule has 1 aliphatic heterocycles. The second-order valence-corrected chi connectivity index (χ2v) is 6.46. The van der Waals surface area contributed by atoms with Crippen molar-refractivity contribution < 1.29 is 9.59 Å². The summed E-state index contributed by atoms with van der Waals surface area (Å²) in [6.45, 7) is 4.75. The van der Waals surface area contributed by atoms with Crippen LogP contribution >= 0.6 is 11.6 Å². The van der Waals surface area contributed by atoms with Crippen molar-refractivity contribution in [1.29, 1.82) is 0 Å². The van der Waals surface area contributed by atoms with Gasteiger partial charge in [0.25, 0.3) is 5.91 Å². The Balaban J connectivity index is 1.65. The van der Waals surface area contributed by atoms with Crippen LogP contribution < -0.4 is 10.2 Å². The number of halogens is 1. The fraction of sp³-hybridized carbons (Fsp3) is 0.316. The van der Waals surface area contributed by atoms with Crippen molar-refractivity contribution in [2.24, 2.45) is 0 Å². The lowest BCUT2D eigenvalue weighted by Crippen LogP contribution is -2.48. The molecule has 1 aromatic heterocycles. The third-order valence-corrected chi connectivity index (χ3v) is 4.68. The molecule has 0 aliphatic carbocycles. The summed E-state index contributed by atoms with van der Waals surface area (Å²) in [7, 11) is 0. The number of anilines is 2. The molecule has 1 aromatic carbocycles. The van der Waals surface area contributed by atoms with Crippen molar-refractivity contribution in [1.82, 2.24) is 9.88 Å². The molecule has 0 radical (unpaired) electrons. The Morgan fingerprint density at radius 3 is 2.54 bits per heavy atom. The van der Waals surface area contributed by atoms with Crippen LogP contribution in [0.2, 0.25) is 5.02 Å². The van der Waals surface area contributed by atoms with Gasteiger partial charge in [0, 0.05) is 44.5 Å². The highest BCUT2D eigenvalue weighted by atomic mass is 35.5. The highest BCUT2D eigenvalue weighted by Crippen LogP contribution is 2.30. The molecule has 0 saturated carbocycles. The average molecular weight is 373 g/mol. The maximum atomic E-state index is 12.2. The van der Waals surface area contributed by atoms with Gasteiger partial charge in [-0.3, -0.25) is 14.6 Å². The Kier molecular flexibility index (Phi) is 5.73. The van der Waals surface area contributed by atoms with Gasteiger partial charge in [-0.2, -0.15) is 0 Å². The van der Waals surface area contributed by atoms with E-state index in [-0.39, 0.29) is 11.8 Å². The predicted octanol–water partition coefficient (Wildman–Crippen LogP) is 3.05. The van der Waals surface area contributed by atoms with E-state index < -0.39 is 0 Å². The molecule has 0 bridgehead atoms. The second kappa shape index (κ2) is 8.19. The zero-order valence-corrected chi connectivity index (χ0v) is 15.4. The number of carbonyl (C=O) groups is 2. The number of pyridine rings is 1. The number of amides is 2. The van der Waals surface area contributed by atoms with Crippen molar-refractivity contribution in [3.8, 4) is 0 Å². The van der Waals surface area contributed by atoms with E-state index >= 15 is 0 Å². The smallest absolute Gasteiger partial charge is 0.274 e. The van der Waals surface area contributed by atoms with Gasteiger partial charge < -0.3 is 15.1 Å². The summed E-state index contributed by atoms with van der Waals surface area (Å²) in [6.07, 6.45) is 2.11. The lowest BCUT2D eigenvalue weighted by molar-refractivity contribution is -0.131. The number of benzene rings is 1. The van der Waals surface area contributed by atoms with Crippen LogP contribution in [0, 0.1) is 0 Å². The number of rotatable bonds is 4. The van der Waals surface area contributed by atoms with E-state index in [0.717, 1.165) is 18.8 Å². The lowest BCUT2D eigenvalue weighted by atomic mass is 10.2. The van der Waals surface area contributed by atoms with Gasteiger partial charge in [0.15, 0.2) is 0 Å². The first-order chi connectivity index (χ1) is 12.6. The van der Waals surface area contributed by atoms with Crippen LogP contribution in [0.1, 0.15) is 23.8 Å². The average Bonchev–Trinajstić information content (AvgIpc) is 2.68. The van der Waals surface area contributed by atoms with Crippen molar-refractivity contribution in [2.75, 3.05) is 36.4 Å². The molecule has 2 amide bonds. The molecule has 2 heterocycles. The molecular weight excluding hydrogens is 352 g/mol. The minimum absolute atomic E-state index is 0.184. The van der Waals surface area contributed by atoms with Crippen molar-refractivity contribution in [2.45, 2.75) is 13.3 Å². The standard InChI is InChI=1S/C19H21ClN4O2/c1-2-18(25)24-11-9-23(10-12-24)17-7-6-14(13-15(17)20)22-19(26)16-5-3-4-8-21-16/h3-8,13H,2,9-12H2,1H3,(H,22,26). The Labute approximate surface area is 157 Å². The first-order valence-electron chi connectivity index (χ1n) is 8.63. The van der Waals surface area contributed by atoms with Gasteiger partial charge in [0.1, 0.15) is 5.69 Å². The monoisotopic (exact) mass is 372 g/mol. The summed E-state index contributed by atoms with van der Waals surface area (Å²) in [6, 6.07) is 10.6. The minimum atomic E-state index is -0.277. The molecule has 6 nitrogen and oxygen atoms in total. The molecule has 1 N–H and O–H groups in total. The van der Waals surface area contributed by atoms with E-state index in [4.69, 9.17) is 11.6 Å². The first-order valence-corrected chi connectivity index (χ1v) is 9.01. The van der Waals surface area contributed by atoms with Crippen LogP contribution in [0.25, 0.3) is 0 Å². The van der Waals surface area contributed by atoms with Crippen molar-refractivity contribution in [3.05, 3.63) is 53.3 Å². The highest BCUT2D eigenvalue weighted by Gasteiger charge is 2.21. The third-order valence-electron chi connectivity index (χ3n) is 4.38. The first kappa shape index (κ1) is 18.2. The zero-order chi connectivity index (χ0) is 18.5. The quantitative estimate of drug-likeness (QED) is 0.895. The number of hydrogen-bond donors (Lipinski definition) is 1. The van der Waals surface area contributed by atoms with E-state index in [2.05, 4.69) is 15.2 Å². The number of aromatic nitrogens is 1. The van der Waals surface area contributed by atoms with Crippen LogP contribution in [-0.2, 0) is 4.79 Å². The van der Waals surface area contributed by atoms with Gasteiger partial charge in [0.2, 0.25) is 5.91 Å². The Morgan fingerprint density at radius 2 is 1.92 bits per heavy atom. The summed E-state index contributed by atoms with van der Waals surface area (Å²) in [4.78, 5) is 32.0. The van der Waals surface area contributed by atoms with E-state index in [9.17, 15) is 9.59 Å². The molecule has 2 aromatic rings. The van der Waals surface area contributed by atoms with Gasteiger partial charge in [-0.1, -0.05) is 24.6 Å². The van der Waals surface area contributed by atoms with Crippen LogP contribution in [0.5, 0.6) is 0 Å². The lowest BCUT2D eigenvalue weighted by Gasteiger charge is -2.36. The van der Waals surface area contributed by atoms with E-state index in [1.807, 2.05) is 24.0 Å². The van der Waals surface area contributed by atoms with Crippen LogP contribution in [0.15, 0.2) is 42.6 Å². The third kappa shape index (κ3) is 4.14. The molecule has 3 rings (SSSR count). The van der Waals surface area contributed by atoms with E-state index in [0.29, 0.717) is 35.9 Å². The number of piperazine rings is 1. The minimum Gasteiger partial charge on any atom is -0.367 e. The summed E-state index contributed by atoms with van der Waals surface area (Å²) in [5.41, 5.74) is 1.88. The van der Waals surface area contributed by atoms with Crippen LogP contribution in [-0.4, -0.2) is 47.9 Å². The summed E-state index contributed by atoms with van der Waals surface area (Å²) < 4.78 is 0. The summed E-state index contributed by atoms with van der Waals surface area (Å²) in [5.74, 6) is -0.0931. The van der Waals surface area contributed by atoms with E-state index in [1.54, 1.807) is 30.5 Å². The molecule has 0 atom stereocenters. The SMILES string of the molecule is CCC(=O)N1CCN(c2ccc(NC(=O)c3ccccn3)cc2Cl)CC1. The predicted molar refractivity (Wildman–Crippen MR) is 103 cm³/mol. The molecule has 7 heteroatoms. The van der Waals surface area contributed by atoms with E-state index in [1.165, 1.54) is 0 Å². The Hall–Kier alpha value is -2.60. The molecule has 1 fully saturated rings. The number of nitrogens with zero attached hydrogens (tertiary/aromatic N) is 3. The molecular formula is C19H21ClN4O2. The molecule has 0 unspecified atom stereocenters. The summed E-state index contributed by atoms with van der Waals surface area (Å²) >= 11 is 6.43. The summed E-state index contributed by atoms with van der Waals surface area (Å²) in [5, 5.41) is 3.37. The van der Waals surface area contributed by atoms with Crippen LogP contribution in [0.3, 0.4) is 0 Å². The molecule has 26 heavy (non-hydrogen) atoms. The molecule has 1 aliphatic rings. The fourth-order valence-electron chi connectivity index (χ4n) is 2.95. The second-order valence-electron chi connectivity index (χ2n) is 6.06. The van der Waals surface area contributed by atoms with Crippen molar-refractivity contribution in [3.63, 3.8) is 0 Å². The van der Waals surface area contributed by atoms with Crippen molar-refractivity contribution >= 4 is 34.8 Å². The van der Waals surface area contributed by atoms with Gasteiger partial charge in [-0.25, -0.2) is 0 Å². The largest absolute Gasteiger partial charge is 0.367 e. The topological polar surface area (TPSA) is 65.5 Å². The Morgan fingerprint density at radius 1 is 1.15 bits per heavy atom. The molecule has 1 saturated heterocycles. The highest BCUT2D eigenvalue weighted by molar-refractivity contribution is 6.33. The number of carbonyl (C=O) groups excluding carboxylic acids is 2. The zero-order valence-electron chi connectivity index (χ0n) is 14.6. The maximum absolute atomic E-state index is 12.2. The van der Waals surface area contributed by atoms with Gasteiger partial charge in [-0.05, 0) is 30.3 Å². The maximum Gasteiger partial charge on any atom is 0.274 e. The van der Waals surface area contributed by atoms with Gasteiger partial charge in [-0.15, -0.1) is 0 Å². The Bertz CT molecular complexity index is 789. The number of hydrogen-bond acceptors (Lipinski definition) is 4. The normalized spacial score (nSPS) is 14.2. The van der Waals surface area contributed by atoms with Gasteiger partial charge in [0.05, 0.1) is 10.7 Å². The van der Waals surface area contributed by atoms with Crippen LogP contribution in [0.4, 0.5) is 11.4 Å². The van der Waals surface area contributed by atoms with Gasteiger partial charge >= 0.3 is 0 Å².